The maximum absolute atomic E-state index is 14.2. The molecule has 2 heterocycles. The van der Waals surface area contributed by atoms with Gasteiger partial charge in [-0.1, -0.05) is 54.6 Å². The van der Waals surface area contributed by atoms with Crippen molar-refractivity contribution in [3.05, 3.63) is 142 Å². The molecule has 7 rings (SSSR count). The number of aryl methyl sites for hydroxylation is 1. The number of hydrogen-bond acceptors (Lipinski definition) is 10. The quantitative estimate of drug-likeness (QED) is 0.0591. The highest BCUT2D eigenvalue weighted by Crippen LogP contribution is 2.42. The number of aromatic nitrogens is 1. The number of rotatable bonds is 12. The third-order valence-corrected chi connectivity index (χ3v) is 10.3. The number of esters is 1. The van der Waals surface area contributed by atoms with Gasteiger partial charge in [0, 0.05) is 25.1 Å². The first-order chi connectivity index (χ1) is 27.4. The van der Waals surface area contributed by atoms with Crippen LogP contribution in [-0.2, 0) is 26.3 Å². The summed E-state index contributed by atoms with van der Waals surface area (Å²) < 4.78 is 30.0. The fraction of sp³-hybridized carbons (Fsp3) is 0.304. The maximum Gasteiger partial charge on any atom is 0.316 e. The number of carbonyl (C=O) groups is 2. The number of aliphatic hydroxyl groups excluding tert-OH is 1. The van der Waals surface area contributed by atoms with Crippen LogP contribution in [0, 0.1) is 5.41 Å². The molecular weight excluding hydrogens is 725 g/mol. The monoisotopic (exact) mass is 770 g/mol. The molecule has 2 aliphatic heterocycles. The Labute approximate surface area is 331 Å². The molecule has 4 aromatic carbocycles. The van der Waals surface area contributed by atoms with Gasteiger partial charge in [0.05, 0.1) is 38.4 Å². The molecule has 57 heavy (non-hydrogen) atoms. The molecule has 0 aromatic heterocycles. The van der Waals surface area contributed by atoms with Crippen LogP contribution in [0.2, 0.25) is 0 Å². The Morgan fingerprint density at radius 1 is 0.842 bits per heavy atom. The fourth-order valence-electron chi connectivity index (χ4n) is 7.26. The molecule has 1 N–H and O–H groups in total. The summed E-state index contributed by atoms with van der Waals surface area (Å²) in [5.41, 5.74) is 2.36. The molecule has 11 heteroatoms. The number of fused-ring (bicyclic) bond motifs is 2. The van der Waals surface area contributed by atoms with Gasteiger partial charge in [0.15, 0.2) is 16.8 Å². The molecule has 1 saturated heterocycles. The molecule has 2 atom stereocenters. The number of amides is 1. The highest BCUT2D eigenvalue weighted by Gasteiger charge is 2.41. The van der Waals surface area contributed by atoms with Crippen molar-refractivity contribution >= 4 is 23.0 Å². The summed E-state index contributed by atoms with van der Waals surface area (Å²) in [6, 6.07) is 32.6. The van der Waals surface area contributed by atoms with E-state index in [4.69, 9.17) is 23.4 Å². The Hall–Kier alpha value is -6.04. The second kappa shape index (κ2) is 16.2. The normalized spacial score (nSPS) is 15.9. The Kier molecular flexibility index (Phi) is 11.1. The zero-order chi connectivity index (χ0) is 40.3. The minimum atomic E-state index is -1.10. The summed E-state index contributed by atoms with van der Waals surface area (Å²) in [7, 11) is 3.24. The van der Waals surface area contributed by atoms with E-state index in [1.807, 2.05) is 78.9 Å². The van der Waals surface area contributed by atoms with E-state index >= 15 is 0 Å². The standard InChI is InChI=1S/C46H46N2O9/c1-45(2,3)44(52)57-40-26-42-39(47-38-21-16-34(49)25-41(38)56-42)23-29(40)11-22-43(51)48-27-35(50)24-33(48)28-55-46(30-9-7-6-8-10-30,31-12-17-36(53-4)18-13-31)32-14-19-37(54-5)20-15-32/h6-10,12-21,23,25-26,33,35,50H,11,22,24,27-28H2,1-5H3/t33-,35+/m0/s1. The van der Waals surface area contributed by atoms with Crippen molar-refractivity contribution in [3.8, 4) is 28.7 Å². The average molecular weight is 771 g/mol. The third-order valence-electron chi connectivity index (χ3n) is 10.3. The number of methoxy groups -OCH3 is 2. The molecule has 0 unspecified atom stereocenters. The molecule has 1 aliphatic carbocycles. The minimum absolute atomic E-state index is 0.0554. The van der Waals surface area contributed by atoms with Gasteiger partial charge in [-0.15, -0.1) is 0 Å². The van der Waals surface area contributed by atoms with Crippen LogP contribution in [0.5, 0.6) is 17.2 Å². The molecule has 0 radical (unpaired) electrons. The number of β-amino-alcohol motifs (C(OH)–C–C–N with tert-alkyl or cyclic N) is 1. The van der Waals surface area contributed by atoms with Crippen molar-refractivity contribution in [3.63, 3.8) is 0 Å². The smallest absolute Gasteiger partial charge is 0.316 e. The molecule has 1 fully saturated rings. The maximum atomic E-state index is 14.2. The van der Waals surface area contributed by atoms with Crippen molar-refractivity contribution in [1.82, 2.24) is 9.88 Å². The molecule has 4 aromatic rings. The van der Waals surface area contributed by atoms with E-state index in [9.17, 15) is 19.5 Å². The van der Waals surface area contributed by atoms with Gasteiger partial charge in [0.2, 0.25) is 5.91 Å². The first kappa shape index (κ1) is 39.2. The molecule has 0 saturated carbocycles. The number of ether oxygens (including phenoxy) is 4. The number of likely N-dealkylation sites (tertiary alicyclic amines) is 1. The van der Waals surface area contributed by atoms with Crippen LogP contribution in [-0.4, -0.2) is 66.4 Å². The second-order valence-electron chi connectivity index (χ2n) is 15.3. The highest BCUT2D eigenvalue weighted by molar-refractivity contribution is 5.83. The number of hydrogen-bond donors (Lipinski definition) is 1. The van der Waals surface area contributed by atoms with E-state index in [0.29, 0.717) is 46.0 Å². The Balaban J connectivity index is 1.19. The van der Waals surface area contributed by atoms with Gasteiger partial charge in [-0.3, -0.25) is 14.4 Å². The SMILES string of the molecule is COc1ccc(C(OC[C@@H]2C[C@@H](O)CN2C(=O)CCc2cc3nc4ccc(=O)cc-4oc3cc2OC(=O)C(C)(C)C)(c2ccccc2)c2ccc(OC)cc2)cc1. The number of aliphatic hydroxyl groups is 1. The van der Waals surface area contributed by atoms with Crippen LogP contribution in [0.25, 0.3) is 22.6 Å². The first-order valence-electron chi connectivity index (χ1n) is 18.9. The fourth-order valence-corrected chi connectivity index (χ4v) is 7.26. The summed E-state index contributed by atoms with van der Waals surface area (Å²) in [6.45, 7) is 5.53. The topological polar surface area (TPSA) is 138 Å². The molecule has 3 aliphatic rings. The molecule has 1 amide bonds. The van der Waals surface area contributed by atoms with Gasteiger partial charge in [0.25, 0.3) is 0 Å². The van der Waals surface area contributed by atoms with Gasteiger partial charge in [0.1, 0.15) is 34.1 Å². The van der Waals surface area contributed by atoms with Crippen molar-refractivity contribution in [2.24, 2.45) is 5.41 Å². The lowest BCUT2D eigenvalue weighted by Gasteiger charge is -2.38. The highest BCUT2D eigenvalue weighted by atomic mass is 16.5. The third kappa shape index (κ3) is 8.26. The van der Waals surface area contributed by atoms with Crippen LogP contribution < -0.4 is 19.6 Å². The van der Waals surface area contributed by atoms with E-state index in [0.717, 1.165) is 16.7 Å². The van der Waals surface area contributed by atoms with Gasteiger partial charge in [-0.25, -0.2) is 4.98 Å². The lowest BCUT2D eigenvalue weighted by Crippen LogP contribution is -2.42. The van der Waals surface area contributed by atoms with Crippen molar-refractivity contribution in [2.75, 3.05) is 27.4 Å². The molecule has 0 spiro atoms. The Bertz CT molecular complexity index is 2340. The molecule has 11 nitrogen and oxygen atoms in total. The zero-order valence-electron chi connectivity index (χ0n) is 32.7. The lowest BCUT2D eigenvalue weighted by atomic mass is 9.80. The van der Waals surface area contributed by atoms with E-state index in [2.05, 4.69) is 4.98 Å². The van der Waals surface area contributed by atoms with Gasteiger partial charge in [-0.05, 0) is 98.3 Å². The van der Waals surface area contributed by atoms with Crippen LogP contribution >= 0.6 is 0 Å². The van der Waals surface area contributed by atoms with Crippen molar-refractivity contribution in [2.45, 2.75) is 57.8 Å². The predicted octanol–water partition coefficient (Wildman–Crippen LogP) is 7.16. The van der Waals surface area contributed by atoms with Crippen LogP contribution in [0.15, 0.2) is 118 Å². The summed E-state index contributed by atoms with van der Waals surface area (Å²) in [5.74, 6) is 1.30. The van der Waals surface area contributed by atoms with E-state index < -0.39 is 29.1 Å². The van der Waals surface area contributed by atoms with Crippen LogP contribution in [0.4, 0.5) is 0 Å². The average Bonchev–Trinajstić information content (AvgIpc) is 3.60. The number of nitrogens with zero attached hydrogens (tertiary/aromatic N) is 2. The lowest BCUT2D eigenvalue weighted by molar-refractivity contribution is -0.143. The van der Waals surface area contributed by atoms with Crippen LogP contribution in [0.1, 0.15) is 55.9 Å². The largest absolute Gasteiger partial charge is 0.497 e. The van der Waals surface area contributed by atoms with Crippen molar-refractivity contribution in [1.29, 1.82) is 0 Å². The molecular formula is C46H46N2O9. The summed E-state index contributed by atoms with van der Waals surface area (Å²) in [5, 5.41) is 11.0. The summed E-state index contributed by atoms with van der Waals surface area (Å²) >= 11 is 0. The number of benzene rings is 5. The van der Waals surface area contributed by atoms with Crippen LogP contribution in [0.3, 0.4) is 0 Å². The minimum Gasteiger partial charge on any atom is -0.497 e. The van der Waals surface area contributed by atoms with Gasteiger partial charge < -0.3 is 33.4 Å². The zero-order valence-corrected chi connectivity index (χ0v) is 32.7. The predicted molar refractivity (Wildman–Crippen MR) is 215 cm³/mol. The summed E-state index contributed by atoms with van der Waals surface area (Å²) in [6.07, 6.45) is -0.143. The Morgan fingerprint density at radius 3 is 2.09 bits per heavy atom. The first-order valence-corrected chi connectivity index (χ1v) is 18.9. The number of carbonyl (C=O) groups excluding carboxylic acids is 2. The van der Waals surface area contributed by atoms with Gasteiger partial charge >= 0.3 is 5.97 Å². The van der Waals surface area contributed by atoms with E-state index in [1.54, 1.807) is 58.1 Å². The van der Waals surface area contributed by atoms with E-state index in [-0.39, 0.29) is 43.1 Å². The second-order valence-corrected chi connectivity index (χ2v) is 15.3. The summed E-state index contributed by atoms with van der Waals surface area (Å²) in [4.78, 5) is 45.6. The molecule has 294 valence electrons. The Morgan fingerprint density at radius 2 is 1.47 bits per heavy atom. The van der Waals surface area contributed by atoms with Gasteiger partial charge in [-0.2, -0.15) is 0 Å². The molecule has 0 bridgehead atoms. The van der Waals surface area contributed by atoms with Crippen molar-refractivity contribution < 1.29 is 38.1 Å². The van der Waals surface area contributed by atoms with E-state index in [1.165, 1.54) is 12.1 Å².